The van der Waals surface area contributed by atoms with Crippen molar-refractivity contribution in [2.75, 3.05) is 6.54 Å². The quantitative estimate of drug-likeness (QED) is 0.199. The van der Waals surface area contributed by atoms with Crippen LogP contribution in [0, 0.1) is 10.1 Å². The predicted octanol–water partition coefficient (Wildman–Crippen LogP) is 4.93. The lowest BCUT2D eigenvalue weighted by Crippen LogP contribution is -2.33. The van der Waals surface area contributed by atoms with Gasteiger partial charge in [0.2, 0.25) is 5.56 Å². The molecule has 1 aliphatic carbocycles. The Hall–Kier alpha value is -4.01. The summed E-state index contributed by atoms with van der Waals surface area (Å²) in [7, 11) is 0. The molecule has 1 aromatic heterocycles. The summed E-state index contributed by atoms with van der Waals surface area (Å²) >= 11 is 0. The van der Waals surface area contributed by atoms with Crippen molar-refractivity contribution in [2.45, 2.75) is 58.3 Å². The van der Waals surface area contributed by atoms with E-state index in [9.17, 15) is 20.0 Å². The van der Waals surface area contributed by atoms with Crippen LogP contribution in [0.3, 0.4) is 0 Å². The van der Waals surface area contributed by atoms with Gasteiger partial charge < -0.3 is 20.1 Å². The van der Waals surface area contributed by atoms with Crippen LogP contribution in [0.5, 0.6) is 5.75 Å². The monoisotopic (exact) mass is 527 g/mol. The first-order chi connectivity index (χ1) is 18.9. The van der Waals surface area contributed by atoms with Gasteiger partial charge in [-0.25, -0.2) is 0 Å². The van der Waals surface area contributed by atoms with Gasteiger partial charge in [-0.2, -0.15) is 0 Å². The maximum atomic E-state index is 12.2. The number of nitrogens with one attached hydrogen (secondary N) is 2. The highest BCUT2D eigenvalue weighted by atomic mass is 16.6. The Morgan fingerprint density at radius 3 is 2.38 bits per heavy atom. The molecule has 3 aromatic carbocycles. The molecule has 0 radical (unpaired) electrons. The Kier molecular flexibility index (Phi) is 7.77. The summed E-state index contributed by atoms with van der Waals surface area (Å²) in [6.45, 7) is 4.72. The second-order valence-electron chi connectivity index (χ2n) is 10.1. The van der Waals surface area contributed by atoms with Gasteiger partial charge in [-0.15, -0.1) is 0 Å². The van der Waals surface area contributed by atoms with Crippen molar-refractivity contribution >= 4 is 16.6 Å². The van der Waals surface area contributed by atoms with E-state index in [4.69, 9.17) is 4.74 Å². The minimum Gasteiger partial charge on any atom is -0.486 e. The van der Waals surface area contributed by atoms with Crippen LogP contribution < -0.4 is 15.6 Å². The molecular formula is C31H33N3O5. The van der Waals surface area contributed by atoms with E-state index in [1.54, 1.807) is 36.4 Å². The van der Waals surface area contributed by atoms with Gasteiger partial charge in [0.25, 0.3) is 5.69 Å². The van der Waals surface area contributed by atoms with Crippen molar-refractivity contribution in [3.8, 4) is 5.75 Å². The second-order valence-corrected chi connectivity index (χ2v) is 10.1. The molecule has 5 rings (SSSR count). The second kappa shape index (κ2) is 11.4. The van der Waals surface area contributed by atoms with Gasteiger partial charge in [0.1, 0.15) is 12.4 Å². The van der Waals surface area contributed by atoms with Gasteiger partial charge in [0, 0.05) is 30.1 Å². The lowest BCUT2D eigenvalue weighted by molar-refractivity contribution is -0.385. The van der Waals surface area contributed by atoms with E-state index in [1.165, 1.54) is 34.4 Å². The third kappa shape index (κ3) is 5.57. The fourth-order valence-electron chi connectivity index (χ4n) is 5.59. The molecule has 0 unspecified atom stereocenters. The number of ether oxygens (including phenoxy) is 1. The highest BCUT2D eigenvalue weighted by Crippen LogP contribution is 2.32. The third-order valence-electron chi connectivity index (χ3n) is 7.64. The highest BCUT2D eigenvalue weighted by Gasteiger charge is 2.24. The van der Waals surface area contributed by atoms with E-state index in [2.05, 4.69) is 36.3 Å². The number of H-pyrrole nitrogens is 1. The first kappa shape index (κ1) is 26.6. The fourth-order valence-corrected chi connectivity index (χ4v) is 5.59. The van der Waals surface area contributed by atoms with Crippen molar-refractivity contribution in [3.05, 3.63) is 115 Å². The Morgan fingerprint density at radius 2 is 1.72 bits per heavy atom. The average Bonchev–Trinajstić information content (AvgIpc) is 3.35. The summed E-state index contributed by atoms with van der Waals surface area (Å²) in [6, 6.07) is 17.9. The zero-order chi connectivity index (χ0) is 27.5. The lowest BCUT2D eigenvalue weighted by Gasteiger charge is -2.19. The summed E-state index contributed by atoms with van der Waals surface area (Å²) in [5, 5.41) is 26.7. The molecule has 1 aliphatic rings. The lowest BCUT2D eigenvalue weighted by atomic mass is 9.97. The van der Waals surface area contributed by atoms with Gasteiger partial charge in [0.05, 0.1) is 22.1 Å². The Balaban J connectivity index is 1.32. The molecule has 8 nitrogen and oxygen atoms in total. The van der Waals surface area contributed by atoms with Crippen molar-refractivity contribution in [2.24, 2.45) is 0 Å². The number of rotatable bonds is 10. The topological polar surface area (TPSA) is 117 Å². The maximum absolute atomic E-state index is 12.2. The molecule has 0 bridgehead atoms. The standard InChI is InChI=1S/C31H33N3O5/c1-3-19-13-22-15-24(16-23(22)14-20(19)4-2)32-17-28(35)25-9-11-29(31-26(25)10-12-30(36)33-31)39-18-21-7-5-6-8-27(21)34(37)38/h5-14,24,28,32,35H,3-4,15-18H2,1-2H3,(H,33,36)/t28-/m1/s1. The van der Waals surface area contributed by atoms with Crippen LogP contribution in [0.1, 0.15) is 53.3 Å². The first-order valence-corrected chi connectivity index (χ1v) is 13.4. The smallest absolute Gasteiger partial charge is 0.276 e. The Morgan fingerprint density at radius 1 is 1.03 bits per heavy atom. The van der Waals surface area contributed by atoms with Crippen LogP contribution >= 0.6 is 0 Å². The van der Waals surface area contributed by atoms with Crippen molar-refractivity contribution in [1.82, 2.24) is 10.3 Å². The van der Waals surface area contributed by atoms with Crippen molar-refractivity contribution in [3.63, 3.8) is 0 Å². The number of nitro benzene ring substituents is 1. The molecule has 0 saturated carbocycles. The van der Waals surface area contributed by atoms with Crippen molar-refractivity contribution < 1.29 is 14.8 Å². The first-order valence-electron chi connectivity index (χ1n) is 13.4. The molecule has 1 heterocycles. The molecule has 1 atom stereocenters. The molecule has 39 heavy (non-hydrogen) atoms. The number of pyridine rings is 1. The van der Waals surface area contributed by atoms with Crippen LogP contribution in [-0.4, -0.2) is 27.6 Å². The SMILES string of the molecule is CCc1cc2c(cc1CC)CC(NC[C@@H](O)c1ccc(OCc3ccccc3[N+](=O)[O-])c3[nH]c(=O)ccc13)C2. The normalized spacial score (nSPS) is 13.9. The number of hydrogen-bond acceptors (Lipinski definition) is 6. The van der Waals surface area contributed by atoms with Crippen LogP contribution in [0.15, 0.2) is 65.5 Å². The van der Waals surface area contributed by atoms with E-state index >= 15 is 0 Å². The summed E-state index contributed by atoms with van der Waals surface area (Å²) < 4.78 is 5.93. The van der Waals surface area contributed by atoms with Crippen LogP contribution in [0.4, 0.5) is 5.69 Å². The predicted molar refractivity (Wildman–Crippen MR) is 151 cm³/mol. The summed E-state index contributed by atoms with van der Waals surface area (Å²) in [5.41, 5.74) is 6.83. The third-order valence-corrected chi connectivity index (χ3v) is 7.64. The average molecular weight is 528 g/mol. The molecule has 0 aliphatic heterocycles. The number of hydrogen-bond donors (Lipinski definition) is 3. The summed E-state index contributed by atoms with van der Waals surface area (Å²) in [5.74, 6) is 0.384. The number of aliphatic hydroxyl groups is 1. The maximum Gasteiger partial charge on any atom is 0.276 e. The molecule has 0 fully saturated rings. The van der Waals surface area contributed by atoms with Crippen LogP contribution in [0.2, 0.25) is 0 Å². The molecule has 8 heteroatoms. The number of nitrogens with zero attached hydrogens (tertiary/aromatic N) is 1. The molecule has 0 saturated heterocycles. The van der Waals surface area contributed by atoms with E-state index in [1.807, 2.05) is 0 Å². The number of aryl methyl sites for hydroxylation is 2. The van der Waals surface area contributed by atoms with Gasteiger partial charge >= 0.3 is 0 Å². The zero-order valence-electron chi connectivity index (χ0n) is 22.2. The number of aromatic nitrogens is 1. The number of fused-ring (bicyclic) bond motifs is 2. The van der Waals surface area contributed by atoms with Gasteiger partial charge in [-0.05, 0) is 71.7 Å². The zero-order valence-corrected chi connectivity index (χ0v) is 22.2. The largest absolute Gasteiger partial charge is 0.486 e. The molecule has 0 spiro atoms. The number of benzene rings is 3. The van der Waals surface area contributed by atoms with Gasteiger partial charge in [-0.1, -0.05) is 44.2 Å². The van der Waals surface area contributed by atoms with Crippen LogP contribution in [-0.2, 0) is 32.3 Å². The highest BCUT2D eigenvalue weighted by molar-refractivity contribution is 5.87. The summed E-state index contributed by atoms with van der Waals surface area (Å²) in [6.07, 6.45) is 3.13. The van der Waals surface area contributed by atoms with E-state index in [0.29, 0.717) is 34.3 Å². The molecule has 4 aromatic rings. The van der Waals surface area contributed by atoms with Gasteiger partial charge in [0.15, 0.2) is 0 Å². The van der Waals surface area contributed by atoms with E-state index in [-0.39, 0.29) is 23.9 Å². The minimum atomic E-state index is -0.802. The summed E-state index contributed by atoms with van der Waals surface area (Å²) in [4.78, 5) is 25.9. The molecule has 202 valence electrons. The molecular weight excluding hydrogens is 494 g/mol. The van der Waals surface area contributed by atoms with E-state index in [0.717, 1.165) is 25.7 Å². The van der Waals surface area contributed by atoms with E-state index < -0.39 is 11.0 Å². The molecule has 3 N–H and O–H groups in total. The Labute approximate surface area is 226 Å². The Bertz CT molecular complexity index is 1550. The minimum absolute atomic E-state index is 0.0284. The fraction of sp³-hybridized carbons (Fsp3) is 0.323. The number of aliphatic hydroxyl groups excluding tert-OH is 1. The van der Waals surface area contributed by atoms with Gasteiger partial charge in [-0.3, -0.25) is 14.9 Å². The molecule has 0 amide bonds. The van der Waals surface area contributed by atoms with Crippen molar-refractivity contribution in [1.29, 1.82) is 0 Å². The number of nitro groups is 1. The number of aromatic amines is 1. The number of para-hydroxylation sites is 1. The van der Waals surface area contributed by atoms with Crippen LogP contribution in [0.25, 0.3) is 10.9 Å².